The smallest absolute Gasteiger partial charge is 0.335 e. The van der Waals surface area contributed by atoms with Crippen molar-refractivity contribution in [1.82, 2.24) is 4.90 Å². The summed E-state index contributed by atoms with van der Waals surface area (Å²) in [6.45, 7) is 7.84. The molecule has 0 N–H and O–H groups in total. The minimum absolute atomic E-state index is 0.234. The summed E-state index contributed by atoms with van der Waals surface area (Å²) < 4.78 is 15.1. The predicted molar refractivity (Wildman–Crippen MR) is 82.5 cm³/mol. The maximum atomic E-state index is 12.1. The molecule has 0 aromatic carbocycles. The molecule has 1 saturated heterocycles. The summed E-state index contributed by atoms with van der Waals surface area (Å²) in [4.78, 5) is 37.1. The summed E-state index contributed by atoms with van der Waals surface area (Å²) in [6, 6.07) is 0. The standard InChI is InChI=1S/C16H25NO6/c1-4-9-22-12(3)15(19)23-11-14(18)17-8-6-7-13(10-17)16(20)21-5-2/h4,12-13H,1,5-11H2,2-3H3. The van der Waals surface area contributed by atoms with E-state index in [-0.39, 0.29) is 31.0 Å². The molecular formula is C16H25NO6. The van der Waals surface area contributed by atoms with E-state index in [0.29, 0.717) is 26.1 Å². The van der Waals surface area contributed by atoms with Gasteiger partial charge in [0.15, 0.2) is 12.7 Å². The third kappa shape index (κ3) is 6.40. The molecule has 0 aromatic heterocycles. The molecule has 1 aliphatic heterocycles. The first kappa shape index (κ1) is 19.2. The first-order valence-electron chi connectivity index (χ1n) is 7.83. The maximum absolute atomic E-state index is 12.1. The Kier molecular flexibility index (Phi) is 8.32. The van der Waals surface area contributed by atoms with E-state index >= 15 is 0 Å². The van der Waals surface area contributed by atoms with Gasteiger partial charge in [-0.2, -0.15) is 0 Å². The molecule has 1 heterocycles. The number of carbonyl (C=O) groups excluding carboxylic acids is 3. The van der Waals surface area contributed by atoms with Crippen molar-refractivity contribution in [2.75, 3.05) is 32.9 Å². The number of carbonyl (C=O) groups is 3. The lowest BCUT2D eigenvalue weighted by Gasteiger charge is -2.31. The van der Waals surface area contributed by atoms with E-state index in [1.165, 1.54) is 11.0 Å². The molecule has 23 heavy (non-hydrogen) atoms. The van der Waals surface area contributed by atoms with Crippen molar-refractivity contribution in [2.24, 2.45) is 5.92 Å². The van der Waals surface area contributed by atoms with Crippen LogP contribution in [-0.2, 0) is 28.6 Å². The van der Waals surface area contributed by atoms with Crippen LogP contribution in [0.5, 0.6) is 0 Å². The molecule has 0 bridgehead atoms. The second-order valence-corrected chi connectivity index (χ2v) is 5.30. The molecule has 1 aliphatic rings. The zero-order chi connectivity index (χ0) is 17.2. The van der Waals surface area contributed by atoms with Gasteiger partial charge < -0.3 is 19.1 Å². The van der Waals surface area contributed by atoms with Crippen LogP contribution in [0.3, 0.4) is 0 Å². The monoisotopic (exact) mass is 327 g/mol. The number of piperidine rings is 1. The summed E-state index contributed by atoms with van der Waals surface area (Å²) >= 11 is 0. The summed E-state index contributed by atoms with van der Waals surface area (Å²) in [5.74, 6) is -1.51. The summed E-state index contributed by atoms with van der Waals surface area (Å²) in [5, 5.41) is 0. The average Bonchev–Trinajstić information content (AvgIpc) is 2.57. The van der Waals surface area contributed by atoms with Gasteiger partial charge in [-0.05, 0) is 26.7 Å². The van der Waals surface area contributed by atoms with E-state index in [2.05, 4.69) is 6.58 Å². The molecule has 7 nitrogen and oxygen atoms in total. The van der Waals surface area contributed by atoms with Crippen LogP contribution in [0, 0.1) is 5.92 Å². The second-order valence-electron chi connectivity index (χ2n) is 5.30. The number of hydrogen-bond acceptors (Lipinski definition) is 6. The zero-order valence-electron chi connectivity index (χ0n) is 13.8. The van der Waals surface area contributed by atoms with Crippen molar-refractivity contribution in [3.05, 3.63) is 12.7 Å². The average molecular weight is 327 g/mol. The van der Waals surface area contributed by atoms with Crippen LogP contribution in [0.4, 0.5) is 0 Å². The number of rotatable bonds is 8. The number of ether oxygens (including phenoxy) is 3. The van der Waals surface area contributed by atoms with E-state index in [9.17, 15) is 14.4 Å². The van der Waals surface area contributed by atoms with Crippen LogP contribution >= 0.6 is 0 Å². The molecule has 0 aliphatic carbocycles. The Hall–Kier alpha value is -1.89. The van der Waals surface area contributed by atoms with Gasteiger partial charge in [0.2, 0.25) is 0 Å². The second kappa shape index (κ2) is 9.99. The van der Waals surface area contributed by atoms with Crippen LogP contribution in [0.25, 0.3) is 0 Å². The third-order valence-corrected chi connectivity index (χ3v) is 3.53. The molecular weight excluding hydrogens is 302 g/mol. The highest BCUT2D eigenvalue weighted by atomic mass is 16.6. The minimum Gasteiger partial charge on any atom is -0.466 e. The van der Waals surface area contributed by atoms with Crippen molar-refractivity contribution in [3.8, 4) is 0 Å². The Balaban J connectivity index is 2.40. The van der Waals surface area contributed by atoms with E-state index in [1.54, 1.807) is 13.8 Å². The molecule has 7 heteroatoms. The van der Waals surface area contributed by atoms with E-state index in [4.69, 9.17) is 14.2 Å². The molecule has 1 amide bonds. The van der Waals surface area contributed by atoms with Gasteiger partial charge in [-0.15, -0.1) is 6.58 Å². The predicted octanol–water partition coefficient (Wildman–Crippen LogP) is 0.922. The van der Waals surface area contributed by atoms with Gasteiger partial charge in [0.25, 0.3) is 5.91 Å². The molecule has 130 valence electrons. The van der Waals surface area contributed by atoms with E-state index in [1.807, 2.05) is 0 Å². The molecule has 2 atom stereocenters. The van der Waals surface area contributed by atoms with Crippen molar-refractivity contribution in [3.63, 3.8) is 0 Å². The normalized spacial score (nSPS) is 18.9. The molecule has 1 rings (SSSR count). The summed E-state index contributed by atoms with van der Waals surface area (Å²) in [5.41, 5.74) is 0. The van der Waals surface area contributed by atoms with Gasteiger partial charge in [0.05, 0.1) is 19.1 Å². The van der Waals surface area contributed by atoms with Crippen molar-refractivity contribution in [2.45, 2.75) is 32.8 Å². The van der Waals surface area contributed by atoms with Gasteiger partial charge in [-0.1, -0.05) is 6.08 Å². The number of esters is 2. The SMILES string of the molecule is C=CCOC(C)C(=O)OCC(=O)N1CCCC(C(=O)OCC)C1. The number of nitrogens with zero attached hydrogens (tertiary/aromatic N) is 1. The number of hydrogen-bond donors (Lipinski definition) is 0. The fourth-order valence-electron chi connectivity index (χ4n) is 2.28. The molecule has 0 saturated carbocycles. The molecule has 0 radical (unpaired) electrons. The van der Waals surface area contributed by atoms with Gasteiger partial charge in [0, 0.05) is 13.1 Å². The largest absolute Gasteiger partial charge is 0.466 e. The fourth-order valence-corrected chi connectivity index (χ4v) is 2.28. The molecule has 0 spiro atoms. The first-order valence-corrected chi connectivity index (χ1v) is 7.83. The Morgan fingerprint density at radius 3 is 2.74 bits per heavy atom. The number of amides is 1. The lowest BCUT2D eigenvalue weighted by molar-refractivity contribution is -0.162. The van der Waals surface area contributed by atoms with Gasteiger partial charge in [-0.25, -0.2) is 4.79 Å². The lowest BCUT2D eigenvalue weighted by Crippen LogP contribution is -2.44. The summed E-state index contributed by atoms with van der Waals surface area (Å²) in [6.07, 6.45) is 2.20. The Bertz CT molecular complexity index is 436. The van der Waals surface area contributed by atoms with Crippen LogP contribution < -0.4 is 0 Å². The highest BCUT2D eigenvalue weighted by Gasteiger charge is 2.29. The Morgan fingerprint density at radius 2 is 2.09 bits per heavy atom. The van der Waals surface area contributed by atoms with Gasteiger partial charge in [0.1, 0.15) is 0 Å². The highest BCUT2D eigenvalue weighted by molar-refractivity contribution is 5.82. The van der Waals surface area contributed by atoms with E-state index < -0.39 is 12.1 Å². The quantitative estimate of drug-likeness (QED) is 0.487. The highest BCUT2D eigenvalue weighted by Crippen LogP contribution is 2.18. The van der Waals surface area contributed by atoms with Crippen molar-refractivity contribution < 1.29 is 28.6 Å². The Morgan fingerprint density at radius 1 is 1.35 bits per heavy atom. The minimum atomic E-state index is -0.755. The zero-order valence-corrected chi connectivity index (χ0v) is 13.8. The summed E-state index contributed by atoms with van der Waals surface area (Å²) in [7, 11) is 0. The molecule has 2 unspecified atom stereocenters. The maximum Gasteiger partial charge on any atom is 0.335 e. The van der Waals surface area contributed by atoms with E-state index in [0.717, 1.165) is 6.42 Å². The first-order chi connectivity index (χ1) is 11.0. The van der Waals surface area contributed by atoms with Crippen molar-refractivity contribution in [1.29, 1.82) is 0 Å². The van der Waals surface area contributed by atoms with Crippen LogP contribution in [0.1, 0.15) is 26.7 Å². The lowest BCUT2D eigenvalue weighted by atomic mass is 9.98. The fraction of sp³-hybridized carbons (Fsp3) is 0.688. The van der Waals surface area contributed by atoms with Crippen LogP contribution in [0.15, 0.2) is 12.7 Å². The third-order valence-electron chi connectivity index (χ3n) is 3.53. The van der Waals surface area contributed by atoms with Crippen LogP contribution in [0.2, 0.25) is 0 Å². The van der Waals surface area contributed by atoms with Gasteiger partial charge >= 0.3 is 11.9 Å². The van der Waals surface area contributed by atoms with Gasteiger partial charge in [-0.3, -0.25) is 9.59 Å². The molecule has 1 fully saturated rings. The number of likely N-dealkylation sites (tertiary alicyclic amines) is 1. The van der Waals surface area contributed by atoms with Crippen molar-refractivity contribution >= 4 is 17.8 Å². The van der Waals surface area contributed by atoms with Crippen LogP contribution in [-0.4, -0.2) is 61.8 Å². The molecule has 0 aromatic rings. The topological polar surface area (TPSA) is 82.1 Å². The Labute approximate surface area is 136 Å².